The Morgan fingerprint density at radius 3 is 2.35 bits per heavy atom. The van der Waals surface area contributed by atoms with E-state index in [1.807, 2.05) is 19.9 Å². The van der Waals surface area contributed by atoms with E-state index in [-0.39, 0.29) is 23.9 Å². The van der Waals surface area contributed by atoms with Gasteiger partial charge in [0.05, 0.1) is 4.90 Å². The number of halogens is 1. The molecule has 0 unspecified atom stereocenters. The van der Waals surface area contributed by atoms with E-state index in [0.717, 1.165) is 17.5 Å². The summed E-state index contributed by atoms with van der Waals surface area (Å²) < 4.78 is 27.3. The van der Waals surface area contributed by atoms with Crippen LogP contribution in [0.4, 0.5) is 5.69 Å². The molecule has 0 aliphatic heterocycles. The molecule has 0 heterocycles. The van der Waals surface area contributed by atoms with Crippen molar-refractivity contribution >= 4 is 33.2 Å². The monoisotopic (exact) mass is 394 g/mol. The van der Waals surface area contributed by atoms with Gasteiger partial charge in [-0.25, -0.2) is 13.1 Å². The molecule has 26 heavy (non-hydrogen) atoms. The number of nitrogens with zero attached hydrogens (tertiary/aromatic N) is 1. The van der Waals surface area contributed by atoms with Crippen molar-refractivity contribution in [3.05, 3.63) is 58.6 Å². The molecular formula is C19H23ClN2O3S. The number of carbonyl (C=O) groups excluding carboxylic acids is 1. The van der Waals surface area contributed by atoms with Crippen LogP contribution in [0.3, 0.4) is 0 Å². The van der Waals surface area contributed by atoms with Crippen molar-refractivity contribution in [2.45, 2.75) is 32.1 Å². The molecule has 0 atom stereocenters. The zero-order valence-electron chi connectivity index (χ0n) is 15.1. The molecule has 0 saturated carbocycles. The van der Waals surface area contributed by atoms with Gasteiger partial charge in [0.15, 0.2) is 0 Å². The third-order valence-corrected chi connectivity index (χ3v) is 6.00. The molecule has 0 saturated heterocycles. The van der Waals surface area contributed by atoms with Gasteiger partial charge < -0.3 is 4.90 Å². The highest BCUT2D eigenvalue weighted by atomic mass is 35.5. The van der Waals surface area contributed by atoms with Gasteiger partial charge in [-0.1, -0.05) is 36.7 Å². The summed E-state index contributed by atoms with van der Waals surface area (Å²) in [7, 11) is -3.62. The Bertz CT molecular complexity index is 880. The Morgan fingerprint density at radius 1 is 1.15 bits per heavy atom. The Balaban J connectivity index is 2.06. The van der Waals surface area contributed by atoms with E-state index in [4.69, 9.17) is 11.6 Å². The van der Waals surface area contributed by atoms with Gasteiger partial charge >= 0.3 is 0 Å². The van der Waals surface area contributed by atoms with Crippen LogP contribution in [0.5, 0.6) is 0 Å². The Morgan fingerprint density at radius 2 is 1.81 bits per heavy atom. The number of nitrogens with one attached hydrogen (secondary N) is 1. The van der Waals surface area contributed by atoms with Crippen molar-refractivity contribution in [1.82, 2.24) is 4.72 Å². The fourth-order valence-electron chi connectivity index (χ4n) is 2.50. The van der Waals surface area contributed by atoms with Crippen LogP contribution < -0.4 is 9.62 Å². The number of hydrogen-bond acceptors (Lipinski definition) is 3. The molecule has 0 bridgehead atoms. The molecule has 2 aromatic carbocycles. The number of hydrogen-bond donors (Lipinski definition) is 1. The maximum Gasteiger partial charge on any atom is 0.240 e. The minimum absolute atomic E-state index is 0.100. The van der Waals surface area contributed by atoms with Crippen LogP contribution >= 0.6 is 11.6 Å². The van der Waals surface area contributed by atoms with Crippen LogP contribution in [-0.2, 0) is 21.2 Å². The van der Waals surface area contributed by atoms with E-state index in [1.54, 1.807) is 36.4 Å². The highest BCUT2D eigenvalue weighted by Crippen LogP contribution is 2.23. The van der Waals surface area contributed by atoms with E-state index in [0.29, 0.717) is 10.7 Å². The molecular weight excluding hydrogens is 372 g/mol. The molecule has 5 nitrogen and oxygen atoms in total. The van der Waals surface area contributed by atoms with Gasteiger partial charge in [-0.2, -0.15) is 0 Å². The minimum Gasteiger partial charge on any atom is -0.311 e. The summed E-state index contributed by atoms with van der Waals surface area (Å²) >= 11 is 6.12. The molecule has 140 valence electrons. The molecule has 0 aromatic heterocycles. The molecule has 0 aliphatic carbocycles. The SMILES string of the molecule is CCc1ccc(S(=O)(=O)NCCN(C(C)=O)c2ccc(C)c(Cl)c2)cc1. The predicted molar refractivity (Wildman–Crippen MR) is 105 cm³/mol. The lowest BCUT2D eigenvalue weighted by Crippen LogP contribution is -2.37. The predicted octanol–water partition coefficient (Wildman–Crippen LogP) is 3.54. The van der Waals surface area contributed by atoms with Crippen molar-refractivity contribution in [1.29, 1.82) is 0 Å². The molecule has 1 N–H and O–H groups in total. The normalized spacial score (nSPS) is 11.4. The zero-order chi connectivity index (χ0) is 19.3. The van der Waals surface area contributed by atoms with Crippen LogP contribution in [0.2, 0.25) is 5.02 Å². The van der Waals surface area contributed by atoms with Gasteiger partial charge in [0.1, 0.15) is 0 Å². The van der Waals surface area contributed by atoms with Crippen molar-refractivity contribution < 1.29 is 13.2 Å². The van der Waals surface area contributed by atoms with Crippen molar-refractivity contribution in [3.63, 3.8) is 0 Å². The molecule has 1 amide bonds. The third-order valence-electron chi connectivity index (χ3n) is 4.12. The fourth-order valence-corrected chi connectivity index (χ4v) is 3.69. The average molecular weight is 395 g/mol. The van der Waals surface area contributed by atoms with Gasteiger partial charge in [-0.3, -0.25) is 4.79 Å². The first-order chi connectivity index (χ1) is 12.2. The smallest absolute Gasteiger partial charge is 0.240 e. The number of benzene rings is 2. The maximum atomic E-state index is 12.4. The molecule has 0 aliphatic rings. The summed E-state index contributed by atoms with van der Waals surface area (Å²) in [5, 5.41) is 0.561. The van der Waals surface area contributed by atoms with Gasteiger partial charge in [-0.15, -0.1) is 0 Å². The number of sulfonamides is 1. The number of carbonyl (C=O) groups is 1. The fraction of sp³-hybridized carbons (Fsp3) is 0.316. The molecule has 0 fully saturated rings. The second-order valence-corrected chi connectivity index (χ2v) is 8.17. The number of aryl methyl sites for hydroxylation is 2. The molecule has 7 heteroatoms. The second-order valence-electron chi connectivity index (χ2n) is 6.00. The minimum atomic E-state index is -3.62. The first kappa shape index (κ1) is 20.4. The van der Waals surface area contributed by atoms with E-state index in [1.165, 1.54) is 11.8 Å². The van der Waals surface area contributed by atoms with Crippen LogP contribution in [0.25, 0.3) is 0 Å². The lowest BCUT2D eigenvalue weighted by atomic mass is 10.2. The number of anilines is 1. The summed E-state index contributed by atoms with van der Waals surface area (Å²) in [5.41, 5.74) is 2.62. The quantitative estimate of drug-likeness (QED) is 0.781. The first-order valence-electron chi connectivity index (χ1n) is 8.37. The Kier molecular flexibility index (Phi) is 6.81. The van der Waals surface area contributed by atoms with Crippen LogP contribution in [0, 0.1) is 6.92 Å². The summed E-state index contributed by atoms with van der Waals surface area (Å²) in [6.45, 7) is 5.63. The highest BCUT2D eigenvalue weighted by molar-refractivity contribution is 7.89. The van der Waals surface area contributed by atoms with Gasteiger partial charge in [-0.05, 0) is 48.7 Å². The summed E-state index contributed by atoms with van der Waals surface area (Å²) in [5.74, 6) is -0.184. The zero-order valence-corrected chi connectivity index (χ0v) is 16.7. The van der Waals surface area contributed by atoms with Crippen molar-refractivity contribution in [3.8, 4) is 0 Å². The summed E-state index contributed by atoms with van der Waals surface area (Å²) in [4.78, 5) is 13.6. The van der Waals surface area contributed by atoms with Gasteiger partial charge in [0.25, 0.3) is 0 Å². The standard InChI is InChI=1S/C19H23ClN2O3S/c1-4-16-6-9-18(10-7-16)26(24,25)21-11-12-22(15(3)23)17-8-5-14(2)19(20)13-17/h5-10,13,21H,4,11-12H2,1-3H3. The number of amides is 1. The van der Waals surface area contributed by atoms with Crippen LogP contribution in [0.15, 0.2) is 47.4 Å². The molecule has 2 rings (SSSR count). The maximum absolute atomic E-state index is 12.4. The second kappa shape index (κ2) is 8.66. The molecule has 2 aromatic rings. The van der Waals surface area contributed by atoms with Crippen molar-refractivity contribution in [2.24, 2.45) is 0 Å². The Hall–Kier alpha value is -1.89. The Labute approximate surface area is 160 Å². The molecule has 0 spiro atoms. The van der Waals surface area contributed by atoms with E-state index in [9.17, 15) is 13.2 Å². The number of rotatable bonds is 7. The summed E-state index contributed by atoms with van der Waals surface area (Å²) in [6, 6.07) is 12.1. The van der Waals surface area contributed by atoms with Crippen LogP contribution in [0.1, 0.15) is 25.0 Å². The van der Waals surface area contributed by atoms with Crippen molar-refractivity contribution in [2.75, 3.05) is 18.0 Å². The molecule has 0 radical (unpaired) electrons. The lowest BCUT2D eigenvalue weighted by molar-refractivity contribution is -0.116. The van der Waals surface area contributed by atoms with Gasteiger partial charge in [0.2, 0.25) is 15.9 Å². The average Bonchev–Trinajstić information content (AvgIpc) is 2.61. The van der Waals surface area contributed by atoms with E-state index >= 15 is 0 Å². The van der Waals surface area contributed by atoms with Crippen LogP contribution in [-0.4, -0.2) is 27.4 Å². The highest BCUT2D eigenvalue weighted by Gasteiger charge is 2.16. The summed E-state index contributed by atoms with van der Waals surface area (Å²) in [6.07, 6.45) is 0.848. The van der Waals surface area contributed by atoms with Gasteiger partial charge in [0, 0.05) is 30.7 Å². The van der Waals surface area contributed by atoms with E-state index in [2.05, 4.69) is 4.72 Å². The third kappa shape index (κ3) is 5.06. The topological polar surface area (TPSA) is 66.5 Å². The first-order valence-corrected chi connectivity index (χ1v) is 10.2. The largest absolute Gasteiger partial charge is 0.311 e. The van der Waals surface area contributed by atoms with E-state index < -0.39 is 10.0 Å². The lowest BCUT2D eigenvalue weighted by Gasteiger charge is -2.22.